The molecule has 0 aliphatic heterocycles. The molecule has 0 fully saturated rings. The molecule has 0 radical (unpaired) electrons. The first-order valence-electron chi connectivity index (χ1n) is 17.5. The van der Waals surface area contributed by atoms with Gasteiger partial charge in [-0.05, 0) is 164 Å². The van der Waals surface area contributed by atoms with Crippen LogP contribution in [0.25, 0.3) is 10.4 Å². The van der Waals surface area contributed by atoms with Crippen molar-refractivity contribution in [2.45, 2.75) is 14.0 Å². The van der Waals surface area contributed by atoms with E-state index in [1.807, 2.05) is 109 Å². The number of carbonyl (C=O) groups excluding carboxylic acids is 4. The fourth-order valence-electron chi connectivity index (χ4n) is 4.12. The van der Waals surface area contributed by atoms with Crippen LogP contribution in [0.15, 0.2) is 167 Å². The Bertz CT molecular complexity index is 2520. The summed E-state index contributed by atoms with van der Waals surface area (Å²) in [6, 6.07) is 43.7. The van der Waals surface area contributed by atoms with Crippen LogP contribution >= 0.6 is 148 Å². The minimum Gasteiger partial charge on any atom is -0.423 e. The molecule has 0 spiro atoms. The molecule has 8 aromatic rings. The molecular weight excluding hydrogens is 1130 g/mol. The van der Waals surface area contributed by atoms with Crippen molar-refractivity contribution in [2.24, 2.45) is 0 Å². The summed E-state index contributed by atoms with van der Waals surface area (Å²) >= 11 is 40.7. The van der Waals surface area contributed by atoms with Crippen LogP contribution in [-0.4, -0.2) is 42.3 Å². The molecule has 6 nitrogen and oxygen atoms in total. The van der Waals surface area contributed by atoms with Crippen molar-refractivity contribution in [3.8, 4) is 10.4 Å². The van der Waals surface area contributed by atoms with E-state index in [1.165, 1.54) is 45.3 Å². The summed E-state index contributed by atoms with van der Waals surface area (Å²) in [7, 11) is -1.41. The third kappa shape index (κ3) is 22.3. The largest absolute Gasteiger partial charge is 0.488 e. The van der Waals surface area contributed by atoms with Crippen LogP contribution in [0.4, 0.5) is 0 Å². The molecule has 324 valence electrons. The first-order valence-corrected chi connectivity index (χ1v) is 25.1. The summed E-state index contributed by atoms with van der Waals surface area (Å²) in [5, 5.41) is 20.1. The van der Waals surface area contributed by atoms with Crippen LogP contribution in [0.5, 0.6) is 0 Å². The Morgan fingerprint density at radius 1 is 0.476 bits per heavy atom. The lowest BCUT2D eigenvalue weighted by Crippen LogP contribution is -2.29. The number of hydrogen-bond donors (Lipinski definition) is 3. The van der Waals surface area contributed by atoms with Gasteiger partial charge in [0.2, 0.25) is 0 Å². The number of thiol groups is 1. The molecule has 0 aliphatic carbocycles. The third-order valence-electron chi connectivity index (χ3n) is 7.04. The molecule has 0 atom stereocenters. The molecule has 0 aliphatic rings. The molecule has 63 heavy (non-hydrogen) atoms. The summed E-state index contributed by atoms with van der Waals surface area (Å²) in [6.45, 7) is 0. The smallest absolute Gasteiger partial charge is 0.423 e. The summed E-state index contributed by atoms with van der Waals surface area (Å²) in [4.78, 5) is 47.2. The Balaban J connectivity index is 0.000000205. The molecule has 4 heterocycles. The standard InChI is InChI=1S/C11H7ClOS2.C11H7ClOS.C6H6BClO2.C6H5ClS.2C5H3BrOS/c12-8-1-3-9(4-2-8)14-11-6-5-10(7-13)15-11;12-9-3-1-8(2-4-9)11-6-5-10(7-13)14-11;8-6-3-1-5(2-4-6)7(9)10;7-5-1-3-6(8)4-2-5;2*6-5-2-1-4(3-7)8-5/h1-7H;1-7H;1-4,9-10H;1-4,8H;2*1-3H. The molecule has 2 N–H and O–H groups in total. The van der Waals surface area contributed by atoms with E-state index in [0.29, 0.717) is 10.5 Å². The zero-order chi connectivity index (χ0) is 46.1. The van der Waals surface area contributed by atoms with E-state index in [-0.39, 0.29) is 0 Å². The highest BCUT2D eigenvalue weighted by molar-refractivity contribution is 9.11. The Morgan fingerprint density at radius 2 is 0.857 bits per heavy atom. The third-order valence-corrected chi connectivity index (χ3v) is 14.7. The molecule has 4 aromatic carbocycles. The number of hydrogen-bond acceptors (Lipinski definition) is 12. The maximum atomic E-state index is 10.5. The van der Waals surface area contributed by atoms with E-state index >= 15 is 0 Å². The van der Waals surface area contributed by atoms with E-state index in [1.54, 1.807) is 48.2 Å². The summed E-state index contributed by atoms with van der Waals surface area (Å²) in [6.07, 6.45) is 3.42. The molecule has 8 rings (SSSR count). The van der Waals surface area contributed by atoms with Crippen molar-refractivity contribution in [2.75, 3.05) is 0 Å². The van der Waals surface area contributed by atoms with Gasteiger partial charge < -0.3 is 10.0 Å². The Hall–Kier alpha value is -2.84. The lowest BCUT2D eigenvalue weighted by atomic mass is 9.81. The van der Waals surface area contributed by atoms with Gasteiger partial charge in [-0.3, -0.25) is 19.2 Å². The van der Waals surface area contributed by atoms with Gasteiger partial charge in [-0.2, -0.15) is 0 Å². The molecule has 19 heteroatoms. The van der Waals surface area contributed by atoms with Crippen molar-refractivity contribution in [1.29, 1.82) is 0 Å². The second-order valence-electron chi connectivity index (χ2n) is 11.6. The van der Waals surface area contributed by atoms with Crippen molar-refractivity contribution >= 4 is 186 Å². The zero-order valence-electron chi connectivity index (χ0n) is 32.0. The van der Waals surface area contributed by atoms with E-state index < -0.39 is 7.12 Å². The monoisotopic (exact) mass is 1160 g/mol. The Labute approximate surface area is 427 Å². The van der Waals surface area contributed by atoms with Gasteiger partial charge in [0.1, 0.15) is 0 Å². The number of carbonyl (C=O) groups is 4. The maximum absolute atomic E-state index is 10.5. The van der Waals surface area contributed by atoms with Crippen molar-refractivity contribution in [1.82, 2.24) is 0 Å². The maximum Gasteiger partial charge on any atom is 0.488 e. The minimum absolute atomic E-state index is 0.449. The molecule has 0 amide bonds. The lowest BCUT2D eigenvalue weighted by molar-refractivity contribution is 0.111. The minimum atomic E-state index is -1.41. The summed E-state index contributed by atoms with van der Waals surface area (Å²) < 4.78 is 3.11. The highest BCUT2D eigenvalue weighted by atomic mass is 79.9. The van der Waals surface area contributed by atoms with Gasteiger partial charge >= 0.3 is 7.12 Å². The van der Waals surface area contributed by atoms with Gasteiger partial charge in [-0.25, -0.2) is 0 Å². The first kappa shape index (κ1) is 54.5. The number of thiophene rings is 4. The second kappa shape index (κ2) is 30.4. The SMILES string of the molecule is O=Cc1ccc(-c2ccc(Cl)cc2)s1.O=Cc1ccc(Br)s1.O=Cc1ccc(Br)s1.O=Cc1ccc(Sc2ccc(Cl)cc2)s1.OB(O)c1ccc(Cl)cc1.Sc1ccc(Cl)cc1. The zero-order valence-corrected chi connectivity index (χ0v) is 43.2. The molecule has 0 unspecified atom stereocenters. The van der Waals surface area contributed by atoms with Gasteiger partial charge in [0.25, 0.3) is 0 Å². The van der Waals surface area contributed by atoms with E-state index in [2.05, 4.69) is 44.5 Å². The van der Waals surface area contributed by atoms with Crippen LogP contribution < -0.4 is 5.46 Å². The fourth-order valence-corrected chi connectivity index (χ4v) is 10.0. The van der Waals surface area contributed by atoms with Crippen LogP contribution in [0.2, 0.25) is 20.1 Å². The highest BCUT2D eigenvalue weighted by Crippen LogP contribution is 2.33. The quantitative estimate of drug-likeness (QED) is 0.0790. The summed E-state index contributed by atoms with van der Waals surface area (Å²) in [5.74, 6) is 0. The van der Waals surface area contributed by atoms with Crippen LogP contribution in [0.3, 0.4) is 0 Å². The van der Waals surface area contributed by atoms with Crippen LogP contribution in [0.1, 0.15) is 38.7 Å². The van der Waals surface area contributed by atoms with Gasteiger partial charge in [-0.15, -0.1) is 58.0 Å². The van der Waals surface area contributed by atoms with Crippen molar-refractivity contribution < 1.29 is 29.2 Å². The molecular formula is C44H31BBr2Cl4O6S6. The number of aldehydes is 4. The predicted molar refractivity (Wildman–Crippen MR) is 280 cm³/mol. The highest BCUT2D eigenvalue weighted by Gasteiger charge is 2.09. The molecule has 0 bridgehead atoms. The predicted octanol–water partition coefficient (Wildman–Crippen LogP) is 15.5. The topological polar surface area (TPSA) is 109 Å². The average Bonchev–Trinajstić information content (AvgIpc) is 4.13. The van der Waals surface area contributed by atoms with E-state index in [9.17, 15) is 19.2 Å². The molecule has 0 saturated carbocycles. The fraction of sp³-hybridized carbons (Fsp3) is 0. The second-order valence-corrected chi connectivity index (χ2v) is 22.4. The van der Waals surface area contributed by atoms with E-state index in [4.69, 9.17) is 56.5 Å². The number of halogens is 6. The molecule has 4 aromatic heterocycles. The summed E-state index contributed by atoms with van der Waals surface area (Å²) in [5.41, 5.74) is 1.54. The van der Waals surface area contributed by atoms with Gasteiger partial charge in [0.05, 0.1) is 31.3 Å². The Kier molecular flexibility index (Phi) is 26.3. The van der Waals surface area contributed by atoms with Crippen LogP contribution in [-0.2, 0) is 0 Å². The van der Waals surface area contributed by atoms with Gasteiger partial charge in [0, 0.05) is 34.8 Å². The Morgan fingerprint density at radius 3 is 1.22 bits per heavy atom. The normalized spacial score (nSPS) is 9.67. The van der Waals surface area contributed by atoms with Crippen LogP contribution in [0, 0.1) is 0 Å². The lowest BCUT2D eigenvalue weighted by Gasteiger charge is -1.97. The van der Waals surface area contributed by atoms with Gasteiger partial charge in [-0.1, -0.05) is 82.4 Å². The first-order chi connectivity index (χ1) is 30.2. The van der Waals surface area contributed by atoms with E-state index in [0.717, 1.165) is 91.7 Å². The number of rotatable bonds is 8. The van der Waals surface area contributed by atoms with Crippen molar-refractivity contribution in [3.63, 3.8) is 0 Å². The number of benzene rings is 4. The van der Waals surface area contributed by atoms with Gasteiger partial charge in [0.15, 0.2) is 25.1 Å². The van der Waals surface area contributed by atoms with Crippen molar-refractivity contribution in [3.05, 3.63) is 193 Å². The molecule has 0 saturated heterocycles. The average molecular weight is 1160 g/mol.